The number of rotatable bonds is 6. The molecule has 0 heterocycles. The molecule has 0 aliphatic rings. The number of ether oxygens (including phenoxy) is 2. The van der Waals surface area contributed by atoms with E-state index in [2.05, 4.69) is 10.1 Å². The first-order chi connectivity index (χ1) is 9.58. The van der Waals surface area contributed by atoms with Crippen molar-refractivity contribution in [2.45, 2.75) is 13.0 Å². The standard InChI is InChI=1S/C13H15N3O4/c1-2-19-13(18)11(15)12(17)16-9-3-5-10(6-4-9)20-8-7-14/h3-6,11H,2,8,15H2,1H3,(H,16,17). The van der Waals surface area contributed by atoms with Crippen molar-refractivity contribution in [1.29, 1.82) is 5.26 Å². The Morgan fingerprint density at radius 1 is 1.40 bits per heavy atom. The minimum atomic E-state index is -1.37. The van der Waals surface area contributed by atoms with E-state index in [0.29, 0.717) is 11.4 Å². The highest BCUT2D eigenvalue weighted by Crippen LogP contribution is 2.15. The number of nitrogens with zero attached hydrogens (tertiary/aromatic N) is 1. The van der Waals surface area contributed by atoms with Gasteiger partial charge in [0.2, 0.25) is 0 Å². The van der Waals surface area contributed by atoms with Crippen LogP contribution in [0.25, 0.3) is 0 Å². The number of benzene rings is 1. The largest absolute Gasteiger partial charge is 0.479 e. The number of anilines is 1. The van der Waals surface area contributed by atoms with Crippen molar-refractivity contribution >= 4 is 17.6 Å². The second-order valence-electron chi connectivity index (χ2n) is 3.69. The van der Waals surface area contributed by atoms with Crippen LogP contribution in [0.5, 0.6) is 5.75 Å². The first kappa shape index (κ1) is 15.5. The highest BCUT2D eigenvalue weighted by atomic mass is 16.5. The third-order valence-corrected chi connectivity index (χ3v) is 2.25. The quantitative estimate of drug-likeness (QED) is 0.575. The lowest BCUT2D eigenvalue weighted by Gasteiger charge is -2.11. The number of nitriles is 1. The lowest BCUT2D eigenvalue weighted by Crippen LogP contribution is -2.43. The first-order valence-electron chi connectivity index (χ1n) is 5.91. The minimum absolute atomic E-state index is 0.0561. The van der Waals surface area contributed by atoms with Gasteiger partial charge in [-0.1, -0.05) is 0 Å². The predicted molar refractivity (Wildman–Crippen MR) is 70.8 cm³/mol. The van der Waals surface area contributed by atoms with Crippen LogP contribution in [-0.4, -0.2) is 31.1 Å². The second-order valence-corrected chi connectivity index (χ2v) is 3.69. The van der Waals surface area contributed by atoms with Crippen LogP contribution in [0, 0.1) is 11.3 Å². The molecule has 1 rings (SSSR count). The van der Waals surface area contributed by atoms with E-state index in [4.69, 9.17) is 15.7 Å². The number of nitrogens with one attached hydrogen (secondary N) is 1. The van der Waals surface area contributed by atoms with E-state index < -0.39 is 17.9 Å². The molecule has 1 aromatic carbocycles. The average molecular weight is 277 g/mol. The Morgan fingerprint density at radius 3 is 2.60 bits per heavy atom. The van der Waals surface area contributed by atoms with Crippen LogP contribution >= 0.6 is 0 Å². The highest BCUT2D eigenvalue weighted by Gasteiger charge is 2.23. The van der Waals surface area contributed by atoms with Crippen molar-refractivity contribution in [3.8, 4) is 11.8 Å². The molecule has 106 valence electrons. The van der Waals surface area contributed by atoms with Crippen molar-refractivity contribution in [3.63, 3.8) is 0 Å². The van der Waals surface area contributed by atoms with Gasteiger partial charge in [0.1, 0.15) is 11.8 Å². The summed E-state index contributed by atoms with van der Waals surface area (Å²) in [5.74, 6) is -0.938. The molecule has 7 nitrogen and oxygen atoms in total. The van der Waals surface area contributed by atoms with Crippen molar-refractivity contribution in [3.05, 3.63) is 24.3 Å². The number of hydrogen-bond acceptors (Lipinski definition) is 6. The maximum Gasteiger partial charge on any atom is 0.332 e. The van der Waals surface area contributed by atoms with Gasteiger partial charge in [-0.05, 0) is 31.2 Å². The fourth-order valence-electron chi connectivity index (χ4n) is 1.31. The van der Waals surface area contributed by atoms with Crippen LogP contribution in [-0.2, 0) is 14.3 Å². The fraction of sp³-hybridized carbons (Fsp3) is 0.308. The molecule has 7 heteroatoms. The average Bonchev–Trinajstić information content (AvgIpc) is 2.46. The fourth-order valence-corrected chi connectivity index (χ4v) is 1.31. The summed E-state index contributed by atoms with van der Waals surface area (Å²) in [4.78, 5) is 23.0. The van der Waals surface area contributed by atoms with Crippen LogP contribution in [0.1, 0.15) is 6.92 Å². The minimum Gasteiger partial charge on any atom is -0.479 e. The van der Waals surface area contributed by atoms with E-state index in [9.17, 15) is 9.59 Å². The van der Waals surface area contributed by atoms with Gasteiger partial charge in [-0.2, -0.15) is 5.26 Å². The molecule has 20 heavy (non-hydrogen) atoms. The van der Waals surface area contributed by atoms with Crippen LogP contribution in [0.4, 0.5) is 5.69 Å². The Hall–Kier alpha value is -2.59. The molecule has 0 aromatic heterocycles. The molecule has 3 N–H and O–H groups in total. The zero-order chi connectivity index (χ0) is 15.0. The van der Waals surface area contributed by atoms with Gasteiger partial charge in [0, 0.05) is 5.69 Å². The summed E-state index contributed by atoms with van der Waals surface area (Å²) in [7, 11) is 0. The topological polar surface area (TPSA) is 114 Å². The molecule has 0 radical (unpaired) electrons. The Kier molecular flexibility index (Phi) is 6.00. The van der Waals surface area contributed by atoms with Gasteiger partial charge >= 0.3 is 5.97 Å². The molecule has 0 aliphatic heterocycles. The lowest BCUT2D eigenvalue weighted by molar-refractivity contribution is -0.146. The van der Waals surface area contributed by atoms with Crippen LogP contribution in [0.3, 0.4) is 0 Å². The molecule has 0 bridgehead atoms. The third kappa shape index (κ3) is 4.59. The molecule has 0 fully saturated rings. The molecule has 0 spiro atoms. The van der Waals surface area contributed by atoms with Crippen molar-refractivity contribution in [2.75, 3.05) is 18.5 Å². The molecule has 1 aromatic rings. The summed E-state index contributed by atoms with van der Waals surface area (Å²) in [6.07, 6.45) is 0. The summed E-state index contributed by atoms with van der Waals surface area (Å²) >= 11 is 0. The Labute approximate surface area is 116 Å². The van der Waals surface area contributed by atoms with Gasteiger partial charge in [0.25, 0.3) is 5.91 Å². The number of carbonyl (C=O) groups is 2. The molecule has 0 saturated heterocycles. The normalized spacial score (nSPS) is 11.1. The second kappa shape index (κ2) is 7.76. The zero-order valence-electron chi connectivity index (χ0n) is 11.0. The zero-order valence-corrected chi connectivity index (χ0v) is 11.0. The molecule has 1 amide bonds. The van der Waals surface area contributed by atoms with Crippen LogP contribution in [0.15, 0.2) is 24.3 Å². The van der Waals surface area contributed by atoms with Gasteiger partial charge < -0.3 is 20.5 Å². The summed E-state index contributed by atoms with van der Waals surface area (Å²) in [5, 5.41) is 10.8. The maximum atomic E-state index is 11.7. The Balaban J connectivity index is 2.58. The van der Waals surface area contributed by atoms with E-state index >= 15 is 0 Å². The number of carbonyl (C=O) groups excluding carboxylic acids is 2. The van der Waals surface area contributed by atoms with Gasteiger partial charge in [0.15, 0.2) is 12.6 Å². The molecule has 1 unspecified atom stereocenters. The van der Waals surface area contributed by atoms with E-state index in [1.54, 1.807) is 31.2 Å². The number of amides is 1. The van der Waals surface area contributed by atoms with E-state index in [1.807, 2.05) is 6.07 Å². The van der Waals surface area contributed by atoms with Crippen LogP contribution < -0.4 is 15.8 Å². The first-order valence-corrected chi connectivity index (χ1v) is 5.91. The van der Waals surface area contributed by atoms with Crippen molar-refractivity contribution in [2.24, 2.45) is 5.73 Å². The van der Waals surface area contributed by atoms with Crippen molar-refractivity contribution < 1.29 is 19.1 Å². The van der Waals surface area contributed by atoms with Crippen LogP contribution in [0.2, 0.25) is 0 Å². The molecular weight excluding hydrogens is 262 g/mol. The molecule has 0 aliphatic carbocycles. The Morgan fingerprint density at radius 2 is 2.05 bits per heavy atom. The summed E-state index contributed by atoms with van der Waals surface area (Å²) in [5.41, 5.74) is 5.90. The number of esters is 1. The lowest BCUT2D eigenvalue weighted by atomic mass is 10.2. The van der Waals surface area contributed by atoms with Gasteiger partial charge in [-0.3, -0.25) is 4.79 Å². The van der Waals surface area contributed by atoms with E-state index in [0.717, 1.165) is 0 Å². The summed E-state index contributed by atoms with van der Waals surface area (Å²) in [6, 6.07) is 6.79. The maximum absolute atomic E-state index is 11.7. The van der Waals surface area contributed by atoms with Gasteiger partial charge in [-0.25, -0.2) is 4.79 Å². The molecule has 0 saturated carbocycles. The van der Waals surface area contributed by atoms with E-state index in [1.165, 1.54) is 0 Å². The third-order valence-electron chi connectivity index (χ3n) is 2.25. The van der Waals surface area contributed by atoms with Crippen molar-refractivity contribution in [1.82, 2.24) is 0 Å². The summed E-state index contributed by atoms with van der Waals surface area (Å²) < 4.78 is 9.71. The summed E-state index contributed by atoms with van der Waals surface area (Å²) in [6.45, 7) is 1.73. The smallest absolute Gasteiger partial charge is 0.332 e. The SMILES string of the molecule is CCOC(=O)C(N)C(=O)Nc1ccc(OCC#N)cc1. The van der Waals surface area contributed by atoms with E-state index in [-0.39, 0.29) is 13.2 Å². The monoisotopic (exact) mass is 277 g/mol. The van der Waals surface area contributed by atoms with Gasteiger partial charge in [-0.15, -0.1) is 0 Å². The molecule has 1 atom stereocenters. The highest BCUT2D eigenvalue weighted by molar-refractivity contribution is 6.08. The number of hydrogen-bond donors (Lipinski definition) is 2. The Bertz CT molecular complexity index is 507. The molecular formula is C13H15N3O4. The van der Waals surface area contributed by atoms with Gasteiger partial charge in [0.05, 0.1) is 6.61 Å². The predicted octanol–water partition coefficient (Wildman–Crippen LogP) is 0.418. The number of nitrogens with two attached hydrogens (primary N) is 1.